The molecular formula is C18H19ClN2. The van der Waals surface area contributed by atoms with Crippen LogP contribution in [0, 0.1) is 6.92 Å². The Balaban J connectivity index is 1.90. The highest BCUT2D eigenvalue weighted by molar-refractivity contribution is 6.31. The van der Waals surface area contributed by atoms with Gasteiger partial charge in [0.1, 0.15) is 0 Å². The van der Waals surface area contributed by atoms with Gasteiger partial charge in [-0.25, -0.2) is 0 Å². The van der Waals surface area contributed by atoms with Crippen LogP contribution in [-0.4, -0.2) is 29.0 Å². The fourth-order valence-electron chi connectivity index (χ4n) is 3.96. The monoisotopic (exact) mass is 298 g/mol. The largest absolute Gasteiger partial charge is 0.297 e. The van der Waals surface area contributed by atoms with Crippen molar-refractivity contribution in [1.82, 2.24) is 9.88 Å². The van der Waals surface area contributed by atoms with Gasteiger partial charge >= 0.3 is 0 Å². The topological polar surface area (TPSA) is 16.1 Å². The van der Waals surface area contributed by atoms with Crippen LogP contribution in [0.1, 0.15) is 30.4 Å². The molecule has 0 N–H and O–H groups in total. The second-order valence-corrected chi connectivity index (χ2v) is 6.77. The Morgan fingerprint density at radius 2 is 2.14 bits per heavy atom. The molecule has 2 unspecified atom stereocenters. The second kappa shape index (κ2) is 4.82. The normalized spacial score (nSPS) is 25.4. The summed E-state index contributed by atoms with van der Waals surface area (Å²) < 4.78 is 0. The van der Waals surface area contributed by atoms with Crippen molar-refractivity contribution < 1.29 is 0 Å². The number of rotatable bonds is 1. The van der Waals surface area contributed by atoms with Gasteiger partial charge in [0, 0.05) is 28.7 Å². The number of halogens is 1. The van der Waals surface area contributed by atoms with Gasteiger partial charge in [-0.2, -0.15) is 0 Å². The highest BCUT2D eigenvalue weighted by atomic mass is 35.5. The van der Waals surface area contributed by atoms with Gasteiger partial charge in [-0.3, -0.25) is 9.88 Å². The Labute approximate surface area is 130 Å². The Bertz CT molecular complexity index is 750. The third-order valence-electron chi connectivity index (χ3n) is 5.09. The first kappa shape index (κ1) is 13.3. The summed E-state index contributed by atoms with van der Waals surface area (Å²) >= 11 is 6.18. The lowest BCUT2D eigenvalue weighted by Gasteiger charge is -2.31. The fourth-order valence-corrected chi connectivity index (χ4v) is 4.23. The number of likely N-dealkylation sites (N-methyl/N-ethyl adjacent to an activating group) is 1. The zero-order chi connectivity index (χ0) is 14.6. The van der Waals surface area contributed by atoms with E-state index in [0.29, 0.717) is 12.1 Å². The van der Waals surface area contributed by atoms with E-state index >= 15 is 0 Å². The van der Waals surface area contributed by atoms with Crippen molar-refractivity contribution in [3.63, 3.8) is 0 Å². The van der Waals surface area contributed by atoms with E-state index in [1.165, 1.54) is 34.9 Å². The third kappa shape index (κ3) is 2.09. The first-order valence-electron chi connectivity index (χ1n) is 7.61. The number of nitrogens with zero attached hydrogens (tertiary/aromatic N) is 2. The molecule has 3 heterocycles. The maximum atomic E-state index is 6.18. The van der Waals surface area contributed by atoms with Crippen molar-refractivity contribution in [3.05, 3.63) is 46.6 Å². The molecule has 2 aromatic rings. The van der Waals surface area contributed by atoms with Crippen molar-refractivity contribution in [1.29, 1.82) is 0 Å². The summed E-state index contributed by atoms with van der Waals surface area (Å²) in [7, 11) is 2.26. The summed E-state index contributed by atoms with van der Waals surface area (Å²) in [6.45, 7) is 2.13. The van der Waals surface area contributed by atoms with Gasteiger partial charge in [0.25, 0.3) is 0 Å². The van der Waals surface area contributed by atoms with Crippen molar-refractivity contribution in [2.45, 2.75) is 38.3 Å². The molecule has 1 saturated heterocycles. The maximum absolute atomic E-state index is 6.18. The summed E-state index contributed by atoms with van der Waals surface area (Å²) in [4.78, 5) is 7.03. The van der Waals surface area contributed by atoms with Crippen LogP contribution in [0.5, 0.6) is 0 Å². The van der Waals surface area contributed by atoms with Gasteiger partial charge in [-0.1, -0.05) is 17.7 Å². The predicted molar refractivity (Wildman–Crippen MR) is 88.7 cm³/mol. The molecular weight excluding hydrogens is 280 g/mol. The number of pyridine rings is 1. The van der Waals surface area contributed by atoms with E-state index in [1.807, 2.05) is 18.3 Å². The molecule has 2 nitrogen and oxygen atoms in total. The molecule has 1 aromatic carbocycles. The van der Waals surface area contributed by atoms with Crippen LogP contribution in [0.25, 0.3) is 16.5 Å². The fraction of sp³-hybridized carbons (Fsp3) is 0.389. The van der Waals surface area contributed by atoms with Crippen molar-refractivity contribution in [3.8, 4) is 0 Å². The van der Waals surface area contributed by atoms with Crippen LogP contribution >= 0.6 is 11.6 Å². The zero-order valence-electron chi connectivity index (χ0n) is 12.4. The van der Waals surface area contributed by atoms with E-state index in [1.54, 1.807) is 0 Å². The van der Waals surface area contributed by atoms with Gasteiger partial charge in [0.05, 0.1) is 5.52 Å². The molecule has 0 saturated carbocycles. The van der Waals surface area contributed by atoms with E-state index in [0.717, 1.165) is 17.0 Å². The van der Waals surface area contributed by atoms with Crippen molar-refractivity contribution >= 4 is 28.1 Å². The van der Waals surface area contributed by atoms with Crippen LogP contribution in [0.15, 0.2) is 30.5 Å². The van der Waals surface area contributed by atoms with E-state index in [9.17, 15) is 0 Å². The van der Waals surface area contributed by atoms with Crippen molar-refractivity contribution in [2.24, 2.45) is 0 Å². The third-order valence-corrected chi connectivity index (χ3v) is 5.31. The summed E-state index contributed by atoms with van der Waals surface area (Å²) in [5.74, 6) is 0. The van der Waals surface area contributed by atoms with E-state index in [2.05, 4.69) is 36.0 Å². The Morgan fingerprint density at radius 3 is 2.95 bits per heavy atom. The number of hydrogen-bond acceptors (Lipinski definition) is 2. The summed E-state index contributed by atoms with van der Waals surface area (Å²) in [6, 6.07) is 7.48. The SMILES string of the molecule is Cc1cc(Cl)cc2nccc(C3=CC4CCC(C3)N4C)c12. The number of aryl methyl sites for hydroxylation is 1. The molecule has 2 aliphatic heterocycles. The minimum Gasteiger partial charge on any atom is -0.297 e. The molecule has 0 radical (unpaired) electrons. The van der Waals surface area contributed by atoms with Crippen LogP contribution < -0.4 is 0 Å². The molecule has 1 aromatic heterocycles. The molecule has 0 spiro atoms. The second-order valence-electron chi connectivity index (χ2n) is 6.34. The number of benzene rings is 1. The van der Waals surface area contributed by atoms with E-state index in [4.69, 9.17) is 11.6 Å². The van der Waals surface area contributed by atoms with Crippen LogP contribution in [-0.2, 0) is 0 Å². The molecule has 0 amide bonds. The number of fused-ring (bicyclic) bond motifs is 3. The lowest BCUT2D eigenvalue weighted by atomic mass is 9.91. The van der Waals surface area contributed by atoms with E-state index < -0.39 is 0 Å². The number of aromatic nitrogens is 1. The average Bonchev–Trinajstić information content (AvgIpc) is 2.68. The molecule has 4 rings (SSSR count). The van der Waals surface area contributed by atoms with Gasteiger partial charge < -0.3 is 0 Å². The lowest BCUT2D eigenvalue weighted by molar-refractivity contribution is 0.264. The molecule has 2 bridgehead atoms. The molecule has 2 atom stereocenters. The average molecular weight is 299 g/mol. The van der Waals surface area contributed by atoms with Gasteiger partial charge in [-0.15, -0.1) is 0 Å². The molecule has 1 fully saturated rings. The minimum absolute atomic E-state index is 0.606. The highest BCUT2D eigenvalue weighted by Gasteiger charge is 2.34. The van der Waals surface area contributed by atoms with Crippen molar-refractivity contribution in [2.75, 3.05) is 7.05 Å². The Kier molecular flexibility index (Phi) is 3.05. The quantitative estimate of drug-likeness (QED) is 0.773. The molecule has 2 aliphatic rings. The summed E-state index contributed by atoms with van der Waals surface area (Å²) in [6.07, 6.45) is 8.13. The molecule has 3 heteroatoms. The predicted octanol–water partition coefficient (Wildman–Crippen LogP) is 4.45. The van der Waals surface area contributed by atoms with Gasteiger partial charge in [0.2, 0.25) is 0 Å². The van der Waals surface area contributed by atoms with Crippen LogP contribution in [0.4, 0.5) is 0 Å². The van der Waals surface area contributed by atoms with E-state index in [-0.39, 0.29) is 0 Å². The zero-order valence-corrected chi connectivity index (χ0v) is 13.2. The Hall–Kier alpha value is -1.38. The first-order valence-corrected chi connectivity index (χ1v) is 7.99. The number of hydrogen-bond donors (Lipinski definition) is 0. The van der Waals surface area contributed by atoms with Crippen LogP contribution in [0.3, 0.4) is 0 Å². The maximum Gasteiger partial charge on any atom is 0.0725 e. The standard InChI is InChI=1S/C18H19ClN2/c1-11-7-13(19)10-17-18(11)16(5-6-20-17)12-8-14-3-4-15(9-12)21(14)2/h5-8,10,14-15H,3-4,9H2,1-2H3. The molecule has 108 valence electrons. The smallest absolute Gasteiger partial charge is 0.0725 e. The molecule has 21 heavy (non-hydrogen) atoms. The van der Waals surface area contributed by atoms with Gasteiger partial charge in [-0.05, 0) is 68.1 Å². The highest BCUT2D eigenvalue weighted by Crippen LogP contribution is 2.39. The summed E-state index contributed by atoms with van der Waals surface area (Å²) in [5, 5.41) is 2.03. The molecule has 0 aliphatic carbocycles. The summed E-state index contributed by atoms with van der Waals surface area (Å²) in [5.41, 5.74) is 5.05. The first-order chi connectivity index (χ1) is 10.1. The lowest BCUT2D eigenvalue weighted by Crippen LogP contribution is -2.34. The minimum atomic E-state index is 0.606. The van der Waals surface area contributed by atoms with Gasteiger partial charge in [0.15, 0.2) is 0 Å². The van der Waals surface area contributed by atoms with Crippen LogP contribution in [0.2, 0.25) is 5.02 Å². The Morgan fingerprint density at radius 1 is 1.29 bits per heavy atom.